The van der Waals surface area contributed by atoms with Gasteiger partial charge < -0.3 is 9.15 Å². The Morgan fingerprint density at radius 1 is 1.38 bits per heavy atom. The van der Waals surface area contributed by atoms with E-state index >= 15 is 0 Å². The molecule has 1 heterocycles. The lowest BCUT2D eigenvalue weighted by Gasteiger charge is -2.14. The van der Waals surface area contributed by atoms with Crippen LogP contribution < -0.4 is 5.63 Å². The first-order valence-corrected chi connectivity index (χ1v) is 4.92. The topological polar surface area (TPSA) is 73.6 Å². The van der Waals surface area contributed by atoms with Crippen molar-refractivity contribution in [2.24, 2.45) is 0 Å². The third kappa shape index (κ3) is 1.64. The molecule has 1 aromatic rings. The molecule has 1 aromatic heterocycles. The number of fused-ring (bicyclic) bond motifs is 1. The summed E-state index contributed by atoms with van der Waals surface area (Å²) in [5, 5.41) is 0. The van der Waals surface area contributed by atoms with E-state index in [4.69, 9.17) is 4.42 Å². The molecule has 5 heteroatoms. The lowest BCUT2D eigenvalue weighted by Crippen LogP contribution is -2.21. The zero-order chi connectivity index (χ0) is 11.7. The Balaban J connectivity index is 2.68. The molecular weight excluding hydrogens is 212 g/mol. The minimum atomic E-state index is -0.681. The highest BCUT2D eigenvalue weighted by Crippen LogP contribution is 2.23. The molecule has 5 nitrogen and oxygen atoms in total. The second kappa shape index (κ2) is 3.92. The highest BCUT2D eigenvalue weighted by molar-refractivity contribution is 6.07. The van der Waals surface area contributed by atoms with Crippen LogP contribution in [0.25, 0.3) is 0 Å². The van der Waals surface area contributed by atoms with Crippen LogP contribution in [-0.2, 0) is 11.2 Å². The smallest absolute Gasteiger partial charge is 0.338 e. The molecule has 0 saturated heterocycles. The minimum Gasteiger partial charge on any atom is -0.465 e. The first kappa shape index (κ1) is 10.6. The van der Waals surface area contributed by atoms with E-state index in [1.165, 1.54) is 7.11 Å². The number of methoxy groups -OCH3 is 1. The monoisotopic (exact) mass is 222 g/mol. The van der Waals surface area contributed by atoms with Gasteiger partial charge >= 0.3 is 11.6 Å². The molecule has 0 atom stereocenters. The number of rotatable bonds is 1. The van der Waals surface area contributed by atoms with Crippen LogP contribution in [0.4, 0.5) is 0 Å². The van der Waals surface area contributed by atoms with E-state index in [9.17, 15) is 14.4 Å². The summed E-state index contributed by atoms with van der Waals surface area (Å²) in [5.41, 5.74) is -0.412. The minimum absolute atomic E-state index is 0.0125. The Kier molecular flexibility index (Phi) is 2.60. The van der Waals surface area contributed by atoms with Crippen molar-refractivity contribution in [2.75, 3.05) is 7.11 Å². The Labute approximate surface area is 91.0 Å². The summed E-state index contributed by atoms with van der Waals surface area (Å²) in [5.74, 6) is -0.561. The highest BCUT2D eigenvalue weighted by atomic mass is 16.5. The number of aryl methyl sites for hydroxylation is 1. The van der Waals surface area contributed by atoms with E-state index in [0.29, 0.717) is 25.0 Å². The van der Waals surface area contributed by atoms with Gasteiger partial charge in [0.1, 0.15) is 5.76 Å². The molecule has 16 heavy (non-hydrogen) atoms. The van der Waals surface area contributed by atoms with Gasteiger partial charge in [-0.25, -0.2) is 9.59 Å². The van der Waals surface area contributed by atoms with E-state index in [1.54, 1.807) is 0 Å². The average molecular weight is 222 g/mol. The molecule has 0 aliphatic heterocycles. The molecule has 0 saturated carbocycles. The largest absolute Gasteiger partial charge is 0.465 e. The third-order valence-corrected chi connectivity index (χ3v) is 2.53. The van der Waals surface area contributed by atoms with Gasteiger partial charge in [-0.1, -0.05) is 0 Å². The maximum absolute atomic E-state index is 11.7. The maximum atomic E-state index is 11.7. The Bertz CT molecular complexity index is 512. The fourth-order valence-corrected chi connectivity index (χ4v) is 1.83. The SMILES string of the molecule is COC(=O)c1cc(=O)oc2c1C(=O)CCC2. The number of carbonyl (C=O) groups excluding carboxylic acids is 2. The van der Waals surface area contributed by atoms with E-state index in [1.807, 2.05) is 0 Å². The Hall–Kier alpha value is -1.91. The van der Waals surface area contributed by atoms with Crippen LogP contribution in [-0.4, -0.2) is 18.9 Å². The van der Waals surface area contributed by atoms with Crippen LogP contribution in [0.1, 0.15) is 39.3 Å². The van der Waals surface area contributed by atoms with Crippen molar-refractivity contribution >= 4 is 11.8 Å². The summed E-state index contributed by atoms with van der Waals surface area (Å²) in [4.78, 5) is 34.3. The quantitative estimate of drug-likeness (QED) is 0.661. The predicted molar refractivity (Wildman–Crippen MR) is 53.6 cm³/mol. The molecule has 0 N–H and O–H groups in total. The Morgan fingerprint density at radius 3 is 2.81 bits per heavy atom. The molecule has 84 valence electrons. The molecule has 1 aliphatic carbocycles. The van der Waals surface area contributed by atoms with E-state index in [2.05, 4.69) is 4.74 Å². The van der Waals surface area contributed by atoms with Gasteiger partial charge in [0, 0.05) is 18.9 Å². The average Bonchev–Trinajstić information content (AvgIpc) is 2.27. The van der Waals surface area contributed by atoms with Crippen LogP contribution in [0, 0.1) is 0 Å². The lowest BCUT2D eigenvalue weighted by molar-refractivity contribution is 0.0594. The van der Waals surface area contributed by atoms with Crippen molar-refractivity contribution in [1.29, 1.82) is 0 Å². The van der Waals surface area contributed by atoms with Gasteiger partial charge in [-0.15, -0.1) is 0 Å². The van der Waals surface area contributed by atoms with Crippen LogP contribution in [0.5, 0.6) is 0 Å². The molecule has 0 spiro atoms. The molecule has 0 bridgehead atoms. The number of carbonyl (C=O) groups is 2. The second-order valence-electron chi connectivity index (χ2n) is 3.55. The van der Waals surface area contributed by atoms with E-state index < -0.39 is 11.6 Å². The van der Waals surface area contributed by atoms with Gasteiger partial charge in [-0.2, -0.15) is 0 Å². The van der Waals surface area contributed by atoms with Crippen molar-refractivity contribution < 1.29 is 18.7 Å². The standard InChI is InChI=1S/C11H10O5/c1-15-11(14)6-5-9(13)16-8-4-2-3-7(12)10(6)8/h5H,2-4H2,1H3. The summed E-state index contributed by atoms with van der Waals surface area (Å²) in [6.45, 7) is 0. The molecular formula is C11H10O5. The summed E-state index contributed by atoms with van der Waals surface area (Å²) < 4.78 is 9.46. The van der Waals surface area contributed by atoms with Crippen molar-refractivity contribution in [3.05, 3.63) is 33.4 Å². The van der Waals surface area contributed by atoms with Crippen molar-refractivity contribution in [3.63, 3.8) is 0 Å². The number of esters is 1. The number of hydrogen-bond donors (Lipinski definition) is 0. The van der Waals surface area contributed by atoms with Crippen LogP contribution in [0.2, 0.25) is 0 Å². The fourth-order valence-electron chi connectivity index (χ4n) is 1.83. The van der Waals surface area contributed by atoms with Gasteiger partial charge in [0.05, 0.1) is 18.2 Å². The van der Waals surface area contributed by atoms with Gasteiger partial charge in [0.2, 0.25) is 0 Å². The third-order valence-electron chi connectivity index (χ3n) is 2.53. The Morgan fingerprint density at radius 2 is 2.12 bits per heavy atom. The molecule has 0 aromatic carbocycles. The number of ketones is 1. The van der Waals surface area contributed by atoms with Crippen LogP contribution in [0.3, 0.4) is 0 Å². The summed E-state index contributed by atoms with van der Waals surface area (Å²) >= 11 is 0. The summed E-state index contributed by atoms with van der Waals surface area (Å²) in [6.07, 6.45) is 1.51. The number of hydrogen-bond acceptors (Lipinski definition) is 5. The fraction of sp³-hybridized carbons (Fsp3) is 0.364. The zero-order valence-electron chi connectivity index (χ0n) is 8.74. The molecule has 0 unspecified atom stereocenters. The number of ether oxygens (including phenoxy) is 1. The van der Waals surface area contributed by atoms with Crippen molar-refractivity contribution in [2.45, 2.75) is 19.3 Å². The molecule has 0 radical (unpaired) electrons. The van der Waals surface area contributed by atoms with Gasteiger partial charge in [0.25, 0.3) is 0 Å². The second-order valence-corrected chi connectivity index (χ2v) is 3.55. The molecule has 1 aliphatic rings. The zero-order valence-corrected chi connectivity index (χ0v) is 8.74. The van der Waals surface area contributed by atoms with Crippen molar-refractivity contribution in [3.8, 4) is 0 Å². The molecule has 0 amide bonds. The van der Waals surface area contributed by atoms with E-state index in [-0.39, 0.29) is 16.9 Å². The van der Waals surface area contributed by atoms with Gasteiger partial charge in [0.15, 0.2) is 5.78 Å². The van der Waals surface area contributed by atoms with Crippen molar-refractivity contribution in [1.82, 2.24) is 0 Å². The van der Waals surface area contributed by atoms with Crippen LogP contribution >= 0.6 is 0 Å². The van der Waals surface area contributed by atoms with Crippen LogP contribution in [0.15, 0.2) is 15.3 Å². The van der Waals surface area contributed by atoms with Gasteiger partial charge in [-0.3, -0.25) is 4.79 Å². The first-order valence-electron chi connectivity index (χ1n) is 4.92. The summed E-state index contributed by atoms with van der Waals surface area (Å²) in [6, 6.07) is 1.01. The summed E-state index contributed by atoms with van der Waals surface area (Å²) in [7, 11) is 1.21. The highest BCUT2D eigenvalue weighted by Gasteiger charge is 2.27. The molecule has 2 rings (SSSR count). The number of Topliss-reactive ketones (excluding diaryl/α,β-unsaturated/α-hetero) is 1. The predicted octanol–water partition coefficient (Wildman–Crippen LogP) is 0.945. The first-order chi connectivity index (χ1) is 7.63. The van der Waals surface area contributed by atoms with Gasteiger partial charge in [-0.05, 0) is 6.42 Å². The lowest BCUT2D eigenvalue weighted by atomic mass is 9.92. The maximum Gasteiger partial charge on any atom is 0.338 e. The molecule has 0 fully saturated rings. The van der Waals surface area contributed by atoms with E-state index in [0.717, 1.165) is 6.07 Å². The normalized spacial score (nSPS) is 14.4.